The van der Waals surface area contributed by atoms with Crippen molar-refractivity contribution in [1.82, 2.24) is 4.90 Å². The quantitative estimate of drug-likeness (QED) is 0.832. The van der Waals surface area contributed by atoms with Gasteiger partial charge in [0.15, 0.2) is 0 Å². The Morgan fingerprint density at radius 1 is 1.07 bits per heavy atom. The number of amides is 1. The first-order valence-electron chi connectivity index (χ1n) is 10.3. The van der Waals surface area contributed by atoms with Crippen LogP contribution in [0, 0.1) is 29.1 Å². The number of carbonyl (C=O) groups is 1. The van der Waals surface area contributed by atoms with Gasteiger partial charge >= 0.3 is 0 Å². The summed E-state index contributed by atoms with van der Waals surface area (Å²) in [5.41, 5.74) is 1.08. The van der Waals surface area contributed by atoms with Crippen molar-refractivity contribution in [3.05, 3.63) is 34.9 Å². The highest BCUT2D eigenvalue weighted by Crippen LogP contribution is 2.64. The molecule has 146 valence electrons. The molecule has 27 heavy (non-hydrogen) atoms. The molecule has 4 bridgehead atoms. The van der Waals surface area contributed by atoms with E-state index >= 15 is 0 Å². The molecule has 1 heterocycles. The van der Waals surface area contributed by atoms with E-state index in [1.165, 1.54) is 0 Å². The van der Waals surface area contributed by atoms with Crippen LogP contribution in [0.4, 0.5) is 0 Å². The largest absolute Gasteiger partial charge is 0.393 e. The highest BCUT2D eigenvalue weighted by molar-refractivity contribution is 6.31. The average Bonchev–Trinajstić information content (AvgIpc) is 2.59. The van der Waals surface area contributed by atoms with Gasteiger partial charge in [-0.05, 0) is 72.8 Å². The van der Waals surface area contributed by atoms with Crippen LogP contribution in [0.1, 0.15) is 37.7 Å². The van der Waals surface area contributed by atoms with E-state index in [9.17, 15) is 15.0 Å². The summed E-state index contributed by atoms with van der Waals surface area (Å²) in [4.78, 5) is 14.8. The van der Waals surface area contributed by atoms with E-state index in [0.29, 0.717) is 43.2 Å². The molecule has 2 N–H and O–H groups in total. The summed E-state index contributed by atoms with van der Waals surface area (Å²) in [6.07, 6.45) is 5.04. The number of halogens is 1. The monoisotopic (exact) mass is 389 g/mol. The van der Waals surface area contributed by atoms with Crippen LogP contribution in [0.2, 0.25) is 5.02 Å². The molecule has 4 nitrogen and oxygen atoms in total. The molecule has 0 aromatic heterocycles. The molecule has 0 spiro atoms. The van der Waals surface area contributed by atoms with Crippen LogP contribution < -0.4 is 0 Å². The minimum absolute atomic E-state index is 0.0598. The zero-order chi connectivity index (χ0) is 18.8. The second-order valence-corrected chi connectivity index (χ2v) is 9.89. The predicted octanol–water partition coefficient (Wildman–Crippen LogP) is 2.89. The van der Waals surface area contributed by atoms with Crippen LogP contribution in [0.25, 0.3) is 0 Å². The van der Waals surface area contributed by atoms with Gasteiger partial charge in [0.25, 0.3) is 0 Å². The SMILES string of the molecule is O=C(CC1(Cc2ccccc2Cl)C2CC3CC1CC(C2)C3O)N1CC(O)C1. The average molecular weight is 390 g/mol. The summed E-state index contributed by atoms with van der Waals surface area (Å²) in [6, 6.07) is 8.03. The molecule has 1 saturated heterocycles. The lowest BCUT2D eigenvalue weighted by Gasteiger charge is -2.63. The first kappa shape index (κ1) is 18.0. The Morgan fingerprint density at radius 3 is 2.22 bits per heavy atom. The van der Waals surface area contributed by atoms with Gasteiger partial charge in [-0.2, -0.15) is 0 Å². The van der Waals surface area contributed by atoms with Gasteiger partial charge < -0.3 is 15.1 Å². The third-order valence-corrected chi connectivity index (χ3v) is 8.48. The van der Waals surface area contributed by atoms with Gasteiger partial charge in [0.05, 0.1) is 12.2 Å². The van der Waals surface area contributed by atoms with Crippen LogP contribution in [-0.4, -0.2) is 46.3 Å². The highest BCUT2D eigenvalue weighted by Gasteiger charge is 2.60. The van der Waals surface area contributed by atoms with E-state index in [0.717, 1.165) is 42.7 Å². The summed E-state index contributed by atoms with van der Waals surface area (Å²) < 4.78 is 0. The first-order chi connectivity index (χ1) is 13.0. The van der Waals surface area contributed by atoms with Gasteiger partial charge in [0.1, 0.15) is 0 Å². The molecule has 6 rings (SSSR count). The summed E-state index contributed by atoms with van der Waals surface area (Å²) in [5, 5.41) is 20.9. The van der Waals surface area contributed by atoms with Gasteiger partial charge in [0.2, 0.25) is 5.91 Å². The normalized spacial score (nSPS) is 40.3. The molecule has 5 fully saturated rings. The number of carbonyl (C=O) groups excluding carboxylic acids is 1. The topological polar surface area (TPSA) is 60.8 Å². The van der Waals surface area contributed by atoms with Crippen LogP contribution in [0.15, 0.2) is 24.3 Å². The Bertz CT molecular complexity index is 715. The fraction of sp³-hybridized carbons (Fsp3) is 0.682. The Balaban J connectivity index is 1.47. The maximum absolute atomic E-state index is 13.0. The molecule has 1 aliphatic heterocycles. The number of rotatable bonds is 4. The Morgan fingerprint density at radius 2 is 1.67 bits per heavy atom. The number of hydrogen-bond donors (Lipinski definition) is 2. The predicted molar refractivity (Wildman–Crippen MR) is 103 cm³/mol. The lowest BCUT2D eigenvalue weighted by Crippen LogP contribution is -2.61. The van der Waals surface area contributed by atoms with Crippen molar-refractivity contribution in [2.24, 2.45) is 29.1 Å². The van der Waals surface area contributed by atoms with Crippen molar-refractivity contribution in [2.45, 2.75) is 50.7 Å². The summed E-state index contributed by atoms with van der Waals surface area (Å²) >= 11 is 6.51. The smallest absolute Gasteiger partial charge is 0.223 e. The number of aliphatic hydroxyl groups excluding tert-OH is 2. The van der Waals surface area contributed by atoms with E-state index in [1.807, 2.05) is 18.2 Å². The fourth-order valence-corrected chi connectivity index (χ4v) is 6.95. The minimum Gasteiger partial charge on any atom is -0.393 e. The maximum Gasteiger partial charge on any atom is 0.223 e. The molecule has 4 aliphatic carbocycles. The van der Waals surface area contributed by atoms with Crippen LogP contribution in [0.3, 0.4) is 0 Å². The van der Waals surface area contributed by atoms with Gasteiger partial charge in [-0.3, -0.25) is 4.79 Å². The van der Waals surface area contributed by atoms with Gasteiger partial charge in [-0.25, -0.2) is 0 Å². The summed E-state index contributed by atoms with van der Waals surface area (Å²) in [6.45, 7) is 0.945. The van der Waals surface area contributed by atoms with E-state index in [2.05, 4.69) is 6.07 Å². The molecular weight excluding hydrogens is 362 g/mol. The van der Waals surface area contributed by atoms with Crippen molar-refractivity contribution in [1.29, 1.82) is 0 Å². The molecule has 0 atom stereocenters. The van der Waals surface area contributed by atoms with Crippen LogP contribution in [-0.2, 0) is 11.2 Å². The Labute approximate surface area is 165 Å². The second kappa shape index (κ2) is 6.47. The summed E-state index contributed by atoms with van der Waals surface area (Å²) in [5.74, 6) is 1.96. The fourth-order valence-electron chi connectivity index (χ4n) is 6.75. The van der Waals surface area contributed by atoms with E-state index in [-0.39, 0.29) is 23.5 Å². The molecule has 1 amide bonds. The molecular formula is C22H28ClNO3. The number of likely N-dealkylation sites (tertiary alicyclic amines) is 1. The van der Waals surface area contributed by atoms with Crippen molar-refractivity contribution in [3.63, 3.8) is 0 Å². The lowest BCUT2D eigenvalue weighted by atomic mass is 9.42. The standard InChI is InChI=1S/C22H28ClNO3/c23-19-4-2-1-3-13(19)9-22(10-20(26)24-11-18(25)12-24)16-5-14-6-17(22)8-15(7-16)21(14)27/h1-4,14-18,21,25,27H,5-12H2. The van der Waals surface area contributed by atoms with Gasteiger partial charge in [-0.1, -0.05) is 29.8 Å². The molecule has 5 heteroatoms. The molecule has 0 radical (unpaired) electrons. The number of nitrogens with zero attached hydrogens (tertiary/aromatic N) is 1. The van der Waals surface area contributed by atoms with Crippen LogP contribution in [0.5, 0.6) is 0 Å². The van der Waals surface area contributed by atoms with Crippen LogP contribution >= 0.6 is 11.6 Å². The van der Waals surface area contributed by atoms with Crippen molar-refractivity contribution in [3.8, 4) is 0 Å². The summed E-state index contributed by atoms with van der Waals surface area (Å²) in [7, 11) is 0. The van der Waals surface area contributed by atoms with E-state index in [4.69, 9.17) is 11.6 Å². The zero-order valence-electron chi connectivity index (χ0n) is 15.6. The third-order valence-electron chi connectivity index (χ3n) is 8.11. The number of β-amino-alcohol motifs (C(OH)–C–C–N with tert-alkyl or cyclic N) is 1. The van der Waals surface area contributed by atoms with Gasteiger partial charge in [0, 0.05) is 24.5 Å². The minimum atomic E-state index is -0.359. The van der Waals surface area contributed by atoms with E-state index < -0.39 is 0 Å². The third kappa shape index (κ3) is 2.83. The number of aliphatic hydroxyl groups is 2. The van der Waals surface area contributed by atoms with Crippen molar-refractivity contribution >= 4 is 17.5 Å². The van der Waals surface area contributed by atoms with Crippen molar-refractivity contribution in [2.75, 3.05) is 13.1 Å². The maximum atomic E-state index is 13.0. The first-order valence-corrected chi connectivity index (χ1v) is 10.7. The van der Waals surface area contributed by atoms with E-state index in [1.54, 1.807) is 4.90 Å². The second-order valence-electron chi connectivity index (χ2n) is 9.48. The highest BCUT2D eigenvalue weighted by atomic mass is 35.5. The Hall–Kier alpha value is -1.10. The molecule has 0 unspecified atom stereocenters. The zero-order valence-corrected chi connectivity index (χ0v) is 16.3. The Kier molecular flexibility index (Phi) is 4.30. The van der Waals surface area contributed by atoms with Crippen molar-refractivity contribution < 1.29 is 15.0 Å². The number of hydrogen-bond acceptors (Lipinski definition) is 3. The molecule has 1 aromatic carbocycles. The molecule has 4 saturated carbocycles. The molecule has 1 aromatic rings. The number of benzene rings is 1. The molecule has 5 aliphatic rings. The van der Waals surface area contributed by atoms with Gasteiger partial charge in [-0.15, -0.1) is 0 Å². The lowest BCUT2D eigenvalue weighted by molar-refractivity contribution is -0.179.